The van der Waals surface area contributed by atoms with Gasteiger partial charge in [-0.3, -0.25) is 9.59 Å². The Bertz CT molecular complexity index is 817. The summed E-state index contributed by atoms with van der Waals surface area (Å²) in [5, 5.41) is 6.13. The number of ether oxygens (including phenoxy) is 1. The second kappa shape index (κ2) is 9.26. The van der Waals surface area contributed by atoms with Crippen molar-refractivity contribution in [1.82, 2.24) is 4.90 Å². The minimum absolute atomic E-state index is 0.0536. The molecule has 3 rings (SSSR count). The Labute approximate surface area is 165 Å². The number of anilines is 2. The maximum absolute atomic E-state index is 13.3. The van der Waals surface area contributed by atoms with E-state index in [0.29, 0.717) is 17.1 Å². The average molecular weight is 381 g/mol. The van der Waals surface area contributed by atoms with Gasteiger partial charge >= 0.3 is 0 Å². The van der Waals surface area contributed by atoms with Crippen molar-refractivity contribution in [3.63, 3.8) is 0 Å². The smallest absolute Gasteiger partial charge is 0.249 e. The van der Waals surface area contributed by atoms with E-state index in [0.717, 1.165) is 31.5 Å². The number of amides is 2. The Morgan fingerprint density at radius 1 is 1.04 bits per heavy atom. The van der Waals surface area contributed by atoms with E-state index < -0.39 is 6.04 Å². The number of hydrogen-bond donors (Lipinski definition) is 2. The highest BCUT2D eigenvalue weighted by Gasteiger charge is 2.27. The Kier molecular flexibility index (Phi) is 6.53. The van der Waals surface area contributed by atoms with Gasteiger partial charge in [-0.15, -0.1) is 0 Å². The summed E-state index contributed by atoms with van der Waals surface area (Å²) in [6, 6.07) is 14.5. The predicted molar refractivity (Wildman–Crippen MR) is 111 cm³/mol. The molecule has 0 bridgehead atoms. The molecule has 0 saturated carbocycles. The minimum atomic E-state index is -0.527. The Hall–Kier alpha value is -3.02. The summed E-state index contributed by atoms with van der Waals surface area (Å²) in [6.07, 6.45) is 3.24. The zero-order valence-electron chi connectivity index (χ0n) is 16.4. The summed E-state index contributed by atoms with van der Waals surface area (Å²) in [5.74, 6) is 0.513. The lowest BCUT2D eigenvalue weighted by Gasteiger charge is -2.31. The van der Waals surface area contributed by atoms with Crippen LogP contribution in [0.1, 0.15) is 37.8 Å². The fourth-order valence-corrected chi connectivity index (χ4v) is 3.49. The maximum atomic E-state index is 13.3. The third-order valence-electron chi connectivity index (χ3n) is 4.87. The molecular weight excluding hydrogens is 354 g/mol. The van der Waals surface area contributed by atoms with Gasteiger partial charge in [0.25, 0.3) is 0 Å². The van der Waals surface area contributed by atoms with Gasteiger partial charge in [0.05, 0.1) is 12.8 Å². The van der Waals surface area contributed by atoms with Crippen molar-refractivity contribution in [3.05, 3.63) is 54.1 Å². The van der Waals surface area contributed by atoms with Crippen LogP contribution in [-0.4, -0.2) is 36.9 Å². The summed E-state index contributed by atoms with van der Waals surface area (Å²) >= 11 is 0. The van der Waals surface area contributed by atoms with Crippen LogP contribution in [0, 0.1) is 0 Å². The fraction of sp³-hybridized carbons (Fsp3) is 0.364. The molecule has 0 unspecified atom stereocenters. The van der Waals surface area contributed by atoms with E-state index in [1.807, 2.05) is 35.2 Å². The number of nitrogens with zero attached hydrogens (tertiary/aromatic N) is 1. The molecule has 1 aliphatic rings. The number of benzene rings is 2. The molecule has 2 aromatic carbocycles. The van der Waals surface area contributed by atoms with Crippen molar-refractivity contribution in [2.24, 2.45) is 0 Å². The van der Waals surface area contributed by atoms with Gasteiger partial charge in [-0.1, -0.05) is 30.3 Å². The average Bonchev–Trinajstić information content (AvgIpc) is 2.72. The van der Waals surface area contributed by atoms with Crippen LogP contribution in [0.5, 0.6) is 5.75 Å². The van der Waals surface area contributed by atoms with Gasteiger partial charge in [0, 0.05) is 25.7 Å². The van der Waals surface area contributed by atoms with Crippen molar-refractivity contribution >= 4 is 23.2 Å². The summed E-state index contributed by atoms with van der Waals surface area (Å²) in [7, 11) is 1.59. The Morgan fingerprint density at radius 2 is 1.75 bits per heavy atom. The third kappa shape index (κ3) is 4.82. The molecule has 2 aromatic rings. The Morgan fingerprint density at radius 3 is 2.39 bits per heavy atom. The topological polar surface area (TPSA) is 70.7 Å². The molecule has 1 heterocycles. The normalized spacial score (nSPS) is 14.9. The fourth-order valence-electron chi connectivity index (χ4n) is 3.49. The van der Waals surface area contributed by atoms with Gasteiger partial charge in [0.15, 0.2) is 0 Å². The zero-order chi connectivity index (χ0) is 19.9. The van der Waals surface area contributed by atoms with E-state index >= 15 is 0 Å². The molecule has 0 radical (unpaired) electrons. The van der Waals surface area contributed by atoms with E-state index in [1.54, 1.807) is 25.3 Å². The van der Waals surface area contributed by atoms with Crippen molar-refractivity contribution < 1.29 is 14.3 Å². The first-order chi connectivity index (χ1) is 13.6. The molecule has 1 aliphatic heterocycles. The van der Waals surface area contributed by atoms with Crippen LogP contribution in [0.2, 0.25) is 0 Å². The number of piperidine rings is 1. The molecular formula is C22H27N3O3. The minimum Gasteiger partial charge on any atom is -0.495 e. The number of nitrogens with one attached hydrogen (secondary N) is 2. The number of carbonyl (C=O) groups is 2. The van der Waals surface area contributed by atoms with Crippen LogP contribution >= 0.6 is 0 Å². The van der Waals surface area contributed by atoms with Gasteiger partial charge in [0.1, 0.15) is 11.8 Å². The molecule has 0 aliphatic carbocycles. The lowest BCUT2D eigenvalue weighted by Crippen LogP contribution is -2.41. The van der Waals surface area contributed by atoms with Gasteiger partial charge in [0.2, 0.25) is 11.8 Å². The molecule has 1 saturated heterocycles. The van der Waals surface area contributed by atoms with E-state index in [-0.39, 0.29) is 11.8 Å². The summed E-state index contributed by atoms with van der Waals surface area (Å²) < 4.78 is 5.47. The monoisotopic (exact) mass is 381 g/mol. The number of carbonyl (C=O) groups excluding carboxylic acids is 2. The molecule has 6 nitrogen and oxygen atoms in total. The highest BCUT2D eigenvalue weighted by atomic mass is 16.5. The summed E-state index contributed by atoms with van der Waals surface area (Å²) in [6.45, 7) is 3.03. The molecule has 6 heteroatoms. The molecule has 2 N–H and O–H groups in total. The quantitative estimate of drug-likeness (QED) is 0.798. The molecule has 0 spiro atoms. The van der Waals surface area contributed by atoms with E-state index in [2.05, 4.69) is 10.6 Å². The van der Waals surface area contributed by atoms with E-state index in [4.69, 9.17) is 4.74 Å². The van der Waals surface area contributed by atoms with Crippen molar-refractivity contribution in [1.29, 1.82) is 0 Å². The standard InChI is InChI=1S/C22H27N3O3/c1-16(26)23-18-11-12-20(28-2)19(15-18)24-21(17-9-5-3-6-10-17)22(27)25-13-7-4-8-14-25/h3,5-6,9-12,15,21,24H,4,7-8,13-14H2,1-2H3,(H,23,26)/t21-/m1/s1. The van der Waals surface area contributed by atoms with Gasteiger partial charge in [-0.05, 0) is 43.0 Å². The first-order valence-corrected chi connectivity index (χ1v) is 9.64. The lowest BCUT2D eigenvalue weighted by atomic mass is 10.0. The van der Waals surface area contributed by atoms with Crippen LogP contribution < -0.4 is 15.4 Å². The van der Waals surface area contributed by atoms with E-state index in [1.165, 1.54) is 13.3 Å². The third-order valence-corrected chi connectivity index (χ3v) is 4.87. The van der Waals surface area contributed by atoms with Crippen LogP contribution in [0.25, 0.3) is 0 Å². The maximum Gasteiger partial charge on any atom is 0.249 e. The second-order valence-electron chi connectivity index (χ2n) is 6.97. The largest absolute Gasteiger partial charge is 0.495 e. The van der Waals surface area contributed by atoms with Crippen LogP contribution in [0.4, 0.5) is 11.4 Å². The van der Waals surface area contributed by atoms with Gasteiger partial charge in [-0.25, -0.2) is 0 Å². The highest BCUT2D eigenvalue weighted by Crippen LogP contribution is 2.32. The van der Waals surface area contributed by atoms with Crippen LogP contribution in [0.3, 0.4) is 0 Å². The SMILES string of the molecule is COc1ccc(NC(C)=O)cc1N[C@@H](C(=O)N1CCCCC1)c1ccccc1. The molecule has 148 valence electrons. The van der Waals surface area contributed by atoms with Crippen molar-refractivity contribution in [3.8, 4) is 5.75 Å². The number of hydrogen-bond acceptors (Lipinski definition) is 4. The van der Waals surface area contributed by atoms with Gasteiger partial charge in [-0.2, -0.15) is 0 Å². The predicted octanol–water partition coefficient (Wildman–Crippen LogP) is 3.82. The second-order valence-corrected chi connectivity index (χ2v) is 6.97. The van der Waals surface area contributed by atoms with Crippen LogP contribution in [-0.2, 0) is 9.59 Å². The molecule has 1 atom stereocenters. The van der Waals surface area contributed by atoms with Crippen molar-refractivity contribution in [2.45, 2.75) is 32.2 Å². The molecule has 28 heavy (non-hydrogen) atoms. The summed E-state index contributed by atoms with van der Waals surface area (Å²) in [4.78, 5) is 26.7. The number of methoxy groups -OCH3 is 1. The molecule has 2 amide bonds. The number of rotatable bonds is 6. The molecule has 1 fully saturated rings. The number of likely N-dealkylation sites (tertiary alicyclic amines) is 1. The lowest BCUT2D eigenvalue weighted by molar-refractivity contribution is -0.133. The highest BCUT2D eigenvalue weighted by molar-refractivity contribution is 5.90. The summed E-state index contributed by atoms with van der Waals surface area (Å²) in [5.41, 5.74) is 2.20. The zero-order valence-corrected chi connectivity index (χ0v) is 16.4. The molecule has 0 aromatic heterocycles. The van der Waals surface area contributed by atoms with Crippen molar-refractivity contribution in [2.75, 3.05) is 30.8 Å². The van der Waals surface area contributed by atoms with Crippen LogP contribution in [0.15, 0.2) is 48.5 Å². The van der Waals surface area contributed by atoms with E-state index in [9.17, 15) is 9.59 Å². The van der Waals surface area contributed by atoms with Gasteiger partial charge < -0.3 is 20.3 Å². The Balaban J connectivity index is 1.92. The first kappa shape index (κ1) is 19.7. The first-order valence-electron chi connectivity index (χ1n) is 9.64.